The van der Waals surface area contributed by atoms with Gasteiger partial charge in [-0.05, 0) is 12.8 Å². The highest BCUT2D eigenvalue weighted by Gasteiger charge is 2.35. The number of hydrogen-bond acceptors (Lipinski definition) is 4. The molecule has 0 saturated carbocycles. The van der Waals surface area contributed by atoms with Gasteiger partial charge < -0.3 is 10.2 Å². The molecule has 19 heavy (non-hydrogen) atoms. The number of aliphatic hydroxyl groups excluding tert-OH is 1. The van der Waals surface area contributed by atoms with Gasteiger partial charge in [0.05, 0.1) is 12.5 Å². The Balaban J connectivity index is 2.84. The summed E-state index contributed by atoms with van der Waals surface area (Å²) in [7, 11) is -3.74. The van der Waals surface area contributed by atoms with Crippen molar-refractivity contribution >= 4 is 16.2 Å². The fourth-order valence-corrected chi connectivity index (χ4v) is 3.73. The fraction of sp³-hybridized carbons (Fsp3) is 0.727. The summed E-state index contributed by atoms with van der Waals surface area (Å²) in [6.45, 7) is 3.56. The number of carboxylic acid groups (broad SMARTS) is 1. The first-order valence-corrected chi connectivity index (χ1v) is 7.53. The van der Waals surface area contributed by atoms with Gasteiger partial charge in [0.25, 0.3) is 10.2 Å². The molecule has 0 radical (unpaired) electrons. The first-order chi connectivity index (χ1) is 8.93. The topological polar surface area (TPSA) is 98.2 Å². The van der Waals surface area contributed by atoms with Crippen molar-refractivity contribution < 1.29 is 23.4 Å². The van der Waals surface area contributed by atoms with Gasteiger partial charge in [-0.1, -0.05) is 6.08 Å². The number of hydrogen-bond donors (Lipinski definition) is 2. The smallest absolute Gasteiger partial charge is 0.307 e. The average Bonchev–Trinajstić information content (AvgIpc) is 2.38. The maximum Gasteiger partial charge on any atom is 0.307 e. The van der Waals surface area contributed by atoms with Gasteiger partial charge in [-0.25, -0.2) is 0 Å². The van der Waals surface area contributed by atoms with Crippen LogP contribution in [0.15, 0.2) is 12.7 Å². The Hall–Kier alpha value is -0.960. The zero-order valence-electron chi connectivity index (χ0n) is 10.7. The predicted molar refractivity (Wildman–Crippen MR) is 69.7 cm³/mol. The van der Waals surface area contributed by atoms with Gasteiger partial charge in [-0.15, -0.1) is 6.58 Å². The quantitative estimate of drug-likeness (QED) is 0.617. The van der Waals surface area contributed by atoms with Crippen molar-refractivity contribution in [3.05, 3.63) is 12.7 Å². The van der Waals surface area contributed by atoms with Crippen LogP contribution in [-0.2, 0) is 15.0 Å². The molecule has 7 nitrogen and oxygen atoms in total. The number of nitrogens with zero attached hydrogens (tertiary/aromatic N) is 2. The number of carbonyl (C=O) groups is 1. The molecule has 0 aromatic carbocycles. The Morgan fingerprint density at radius 1 is 1.53 bits per heavy atom. The van der Waals surface area contributed by atoms with E-state index in [2.05, 4.69) is 6.58 Å². The van der Waals surface area contributed by atoms with Gasteiger partial charge in [0.15, 0.2) is 0 Å². The number of carboxylic acids is 1. The maximum atomic E-state index is 12.3. The third-order valence-electron chi connectivity index (χ3n) is 3.07. The summed E-state index contributed by atoms with van der Waals surface area (Å²) < 4.78 is 26.9. The molecule has 0 aromatic rings. The summed E-state index contributed by atoms with van der Waals surface area (Å²) in [6, 6.07) is 0. The van der Waals surface area contributed by atoms with E-state index < -0.39 is 22.1 Å². The third-order valence-corrected chi connectivity index (χ3v) is 5.04. The summed E-state index contributed by atoms with van der Waals surface area (Å²) in [4.78, 5) is 11.0. The van der Waals surface area contributed by atoms with Gasteiger partial charge >= 0.3 is 5.97 Å². The van der Waals surface area contributed by atoms with E-state index in [4.69, 9.17) is 10.2 Å². The van der Waals surface area contributed by atoms with E-state index in [1.54, 1.807) is 0 Å². The Labute approximate surface area is 113 Å². The van der Waals surface area contributed by atoms with E-state index >= 15 is 0 Å². The van der Waals surface area contributed by atoms with E-state index in [-0.39, 0.29) is 26.2 Å². The van der Waals surface area contributed by atoms with Crippen molar-refractivity contribution in [1.29, 1.82) is 0 Å². The first kappa shape index (κ1) is 16.1. The monoisotopic (exact) mass is 292 g/mol. The molecule has 110 valence electrons. The zero-order valence-corrected chi connectivity index (χ0v) is 11.5. The van der Waals surface area contributed by atoms with E-state index in [1.165, 1.54) is 10.4 Å². The van der Waals surface area contributed by atoms with Crippen molar-refractivity contribution in [1.82, 2.24) is 8.61 Å². The predicted octanol–water partition coefficient (Wildman–Crippen LogP) is -0.492. The molecular weight excluding hydrogens is 272 g/mol. The molecular formula is C11H20N2O5S. The molecule has 0 aromatic heterocycles. The molecule has 1 heterocycles. The van der Waals surface area contributed by atoms with Crippen LogP contribution in [0.1, 0.15) is 12.8 Å². The first-order valence-electron chi connectivity index (χ1n) is 6.13. The Kier molecular flexibility index (Phi) is 5.92. The number of aliphatic hydroxyl groups is 1. The SMILES string of the molecule is C=CCN(CCO)S(=O)(=O)N1CCCC(C(=O)O)C1. The van der Waals surface area contributed by atoms with Gasteiger partial charge in [0, 0.05) is 26.2 Å². The van der Waals surface area contributed by atoms with Crippen LogP contribution in [0.2, 0.25) is 0 Å². The minimum absolute atomic E-state index is 0.0171. The van der Waals surface area contributed by atoms with Gasteiger partial charge in [0.1, 0.15) is 0 Å². The second-order valence-electron chi connectivity index (χ2n) is 4.41. The fourth-order valence-electron chi connectivity index (χ4n) is 2.07. The lowest BCUT2D eigenvalue weighted by atomic mass is 10.0. The molecule has 1 rings (SSSR count). The molecule has 0 aliphatic carbocycles. The van der Waals surface area contributed by atoms with E-state index in [9.17, 15) is 13.2 Å². The molecule has 0 amide bonds. The lowest BCUT2D eigenvalue weighted by molar-refractivity contribution is -0.142. The lowest BCUT2D eigenvalue weighted by Gasteiger charge is -2.33. The molecule has 2 N–H and O–H groups in total. The second-order valence-corrected chi connectivity index (χ2v) is 6.34. The van der Waals surface area contributed by atoms with Crippen molar-refractivity contribution in [3.8, 4) is 0 Å². The highest BCUT2D eigenvalue weighted by Crippen LogP contribution is 2.21. The Bertz CT molecular complexity index is 423. The van der Waals surface area contributed by atoms with Crippen LogP contribution in [0, 0.1) is 5.92 Å². The van der Waals surface area contributed by atoms with Crippen LogP contribution < -0.4 is 0 Å². The van der Waals surface area contributed by atoms with Crippen molar-refractivity contribution in [2.45, 2.75) is 12.8 Å². The Morgan fingerprint density at radius 2 is 2.21 bits per heavy atom. The van der Waals surface area contributed by atoms with Crippen LogP contribution in [0.25, 0.3) is 0 Å². The van der Waals surface area contributed by atoms with Gasteiger partial charge in [0.2, 0.25) is 0 Å². The van der Waals surface area contributed by atoms with Crippen molar-refractivity contribution in [2.75, 3.05) is 32.8 Å². The number of rotatable bonds is 7. The highest BCUT2D eigenvalue weighted by atomic mass is 32.2. The van der Waals surface area contributed by atoms with Crippen LogP contribution in [-0.4, -0.2) is 66.0 Å². The number of piperidine rings is 1. The minimum atomic E-state index is -3.74. The average molecular weight is 292 g/mol. The largest absolute Gasteiger partial charge is 0.481 e. The highest BCUT2D eigenvalue weighted by molar-refractivity contribution is 7.86. The molecule has 1 aliphatic heterocycles. The normalized spacial score (nSPS) is 21.5. The zero-order chi connectivity index (χ0) is 14.5. The minimum Gasteiger partial charge on any atom is -0.481 e. The molecule has 0 bridgehead atoms. The van der Waals surface area contributed by atoms with E-state index in [0.29, 0.717) is 19.4 Å². The van der Waals surface area contributed by atoms with E-state index in [1.807, 2.05) is 0 Å². The summed E-state index contributed by atoms with van der Waals surface area (Å²) in [5, 5.41) is 17.9. The summed E-state index contributed by atoms with van der Waals surface area (Å²) >= 11 is 0. The summed E-state index contributed by atoms with van der Waals surface area (Å²) in [5.41, 5.74) is 0. The Morgan fingerprint density at radius 3 is 2.74 bits per heavy atom. The lowest BCUT2D eigenvalue weighted by Crippen LogP contribution is -2.49. The van der Waals surface area contributed by atoms with E-state index in [0.717, 1.165) is 4.31 Å². The molecule has 1 unspecified atom stereocenters. The second kappa shape index (κ2) is 6.99. The van der Waals surface area contributed by atoms with Gasteiger partial charge in [-0.3, -0.25) is 4.79 Å². The molecule has 1 aliphatic rings. The summed E-state index contributed by atoms with van der Waals surface area (Å²) in [5.74, 6) is -1.64. The summed E-state index contributed by atoms with van der Waals surface area (Å²) in [6.07, 6.45) is 2.45. The van der Waals surface area contributed by atoms with Crippen molar-refractivity contribution in [3.63, 3.8) is 0 Å². The molecule has 0 spiro atoms. The molecule has 1 fully saturated rings. The number of aliphatic carboxylic acids is 1. The van der Waals surface area contributed by atoms with Crippen LogP contribution in [0.3, 0.4) is 0 Å². The molecule has 1 atom stereocenters. The maximum absolute atomic E-state index is 12.3. The molecule has 1 saturated heterocycles. The molecule has 8 heteroatoms. The van der Waals surface area contributed by atoms with Crippen LogP contribution in [0.5, 0.6) is 0 Å². The van der Waals surface area contributed by atoms with Gasteiger partial charge in [-0.2, -0.15) is 17.0 Å². The van der Waals surface area contributed by atoms with Crippen molar-refractivity contribution in [2.24, 2.45) is 5.92 Å². The third kappa shape index (κ3) is 4.00. The standard InChI is InChI=1S/C11H20N2O5S/c1-2-5-12(7-8-14)19(17,18)13-6-3-4-10(9-13)11(15)16/h2,10,14H,1,3-9H2,(H,15,16). The van der Waals surface area contributed by atoms with Crippen LogP contribution in [0.4, 0.5) is 0 Å². The van der Waals surface area contributed by atoms with Crippen LogP contribution >= 0.6 is 0 Å².